The van der Waals surface area contributed by atoms with Gasteiger partial charge in [0.25, 0.3) is 0 Å². The van der Waals surface area contributed by atoms with Crippen molar-refractivity contribution in [2.24, 2.45) is 0 Å². The number of aromatic amines is 2. The lowest BCUT2D eigenvalue weighted by Crippen LogP contribution is -2.34. The monoisotopic (exact) mass is 1090 g/mol. The zero-order valence-corrected chi connectivity index (χ0v) is 50.2. The van der Waals surface area contributed by atoms with Crippen LogP contribution in [0.25, 0.3) is 90.9 Å². The smallest absolute Gasteiger partial charge is 0.139 e. The molecule has 2 aliphatic heterocycles. The van der Waals surface area contributed by atoms with Crippen LogP contribution in [0.1, 0.15) is 22.8 Å². The summed E-state index contributed by atoms with van der Waals surface area (Å²) in [4.78, 5) is 19.1. The molecule has 4 aromatic carbocycles. The maximum absolute atomic E-state index is 6.36. The van der Waals surface area contributed by atoms with Gasteiger partial charge in [0.15, 0.2) is 0 Å². The molecule has 0 atom stereocenters. The Kier molecular flexibility index (Phi) is 14.9. The SMILES string of the molecule is COc1cc([N+](C)(C)C)cc(OC)c1-c1c2nc(c(-c3c(OC)cc([N+](C)(C)C)cc3OC)c3ccc([nH]3)c(-c3c(OC)cc([N+](C)(C)C)cc3OC)c3nc(c(-c4c(OC)cc([N+](C)(C)C)cc4OC)c4ccc1[nH]4)C=C3)C=C2. The van der Waals surface area contributed by atoms with Crippen molar-refractivity contribution in [2.75, 3.05) is 141 Å². The Bertz CT molecular complexity index is 3240. The zero-order chi connectivity index (χ0) is 58.0. The van der Waals surface area contributed by atoms with E-state index >= 15 is 0 Å². The van der Waals surface area contributed by atoms with Gasteiger partial charge in [-0.3, -0.25) is 17.9 Å². The third kappa shape index (κ3) is 10.2. The van der Waals surface area contributed by atoms with Crippen LogP contribution in [0.5, 0.6) is 46.0 Å². The highest BCUT2D eigenvalue weighted by Gasteiger charge is 2.32. The minimum atomic E-state index is 0.518. The Labute approximate surface area is 470 Å². The summed E-state index contributed by atoms with van der Waals surface area (Å²) in [6.45, 7) is 0. The van der Waals surface area contributed by atoms with Crippen LogP contribution in [0, 0.1) is 0 Å². The number of H-pyrrole nitrogens is 2. The number of methoxy groups -OCH3 is 8. The summed E-state index contributed by atoms with van der Waals surface area (Å²) in [7, 11) is 38.8. The highest BCUT2D eigenvalue weighted by molar-refractivity contribution is 6.04. The lowest BCUT2D eigenvalue weighted by molar-refractivity contribution is 0.392. The fourth-order valence-electron chi connectivity index (χ4n) is 10.4. The molecule has 2 aliphatic rings. The number of hydrogen-bond donors (Lipinski definition) is 2. The van der Waals surface area contributed by atoms with Gasteiger partial charge in [-0.05, 0) is 48.6 Å². The van der Waals surface area contributed by atoms with Gasteiger partial charge in [-0.25, -0.2) is 9.97 Å². The molecule has 0 unspecified atom stereocenters. The van der Waals surface area contributed by atoms with E-state index in [9.17, 15) is 0 Å². The minimum Gasteiger partial charge on any atom is -0.496 e. The lowest BCUT2D eigenvalue weighted by atomic mass is 9.99. The molecule has 9 rings (SSSR count). The molecule has 0 spiro atoms. The number of hydrogen-bond acceptors (Lipinski definition) is 10. The van der Waals surface area contributed by atoms with Crippen molar-refractivity contribution in [3.8, 4) is 90.5 Å². The Hall–Kier alpha value is -8.28. The van der Waals surface area contributed by atoms with Crippen molar-refractivity contribution in [3.05, 3.63) is 95.6 Å². The topological polar surface area (TPSA) is 131 Å². The summed E-state index contributed by atoms with van der Waals surface area (Å²) in [6.07, 6.45) is 8.14. The summed E-state index contributed by atoms with van der Waals surface area (Å²) in [5.74, 6) is 4.81. The molecule has 0 amide bonds. The van der Waals surface area contributed by atoms with Crippen molar-refractivity contribution in [1.29, 1.82) is 0 Å². The van der Waals surface area contributed by atoms with Crippen LogP contribution in [0.4, 0.5) is 22.7 Å². The molecule has 5 heterocycles. The number of ether oxygens (including phenoxy) is 8. The Morgan fingerprint density at radius 2 is 0.425 bits per heavy atom. The van der Waals surface area contributed by atoms with E-state index < -0.39 is 0 Å². The van der Waals surface area contributed by atoms with Crippen LogP contribution in [-0.4, -0.2) is 161 Å². The van der Waals surface area contributed by atoms with Gasteiger partial charge in [0, 0.05) is 92.9 Å². The fourth-order valence-corrected chi connectivity index (χ4v) is 10.4. The van der Waals surface area contributed by atoms with Crippen molar-refractivity contribution in [3.63, 3.8) is 0 Å². The van der Waals surface area contributed by atoms with E-state index in [0.717, 1.165) is 67.1 Å². The van der Waals surface area contributed by atoms with Crippen LogP contribution in [0.3, 0.4) is 0 Å². The summed E-state index contributed by atoms with van der Waals surface area (Å²) >= 11 is 0. The third-order valence-corrected chi connectivity index (χ3v) is 14.8. The van der Waals surface area contributed by atoms with Gasteiger partial charge in [0.1, 0.15) is 68.7 Å². The van der Waals surface area contributed by atoms with Gasteiger partial charge in [-0.2, -0.15) is 0 Å². The average molecular weight is 1090 g/mol. The van der Waals surface area contributed by atoms with Crippen molar-refractivity contribution < 1.29 is 37.9 Å². The summed E-state index contributed by atoms with van der Waals surface area (Å²) < 4.78 is 53.0. The quantitative estimate of drug-likeness (QED) is 0.0902. The van der Waals surface area contributed by atoms with Crippen molar-refractivity contribution in [2.45, 2.75) is 0 Å². The van der Waals surface area contributed by atoms with Gasteiger partial charge >= 0.3 is 0 Å². The number of aromatic nitrogens is 4. The molecule has 0 aliphatic carbocycles. The molecule has 2 N–H and O–H groups in total. The van der Waals surface area contributed by atoms with E-state index in [-0.39, 0.29) is 0 Å². The molecule has 418 valence electrons. The first kappa shape index (κ1) is 56.4. The highest BCUT2D eigenvalue weighted by atomic mass is 16.5. The number of nitrogens with zero attached hydrogens (tertiary/aromatic N) is 6. The Morgan fingerprint density at radius 3 is 0.562 bits per heavy atom. The summed E-state index contributed by atoms with van der Waals surface area (Å²) in [6, 6.07) is 24.7. The Morgan fingerprint density at radius 1 is 0.263 bits per heavy atom. The average Bonchev–Trinajstić information content (AvgIpc) is 4.44. The molecule has 0 saturated heterocycles. The second-order valence-corrected chi connectivity index (χ2v) is 23.5. The number of benzene rings is 4. The normalized spacial score (nSPS) is 12.7. The van der Waals surface area contributed by atoms with Gasteiger partial charge in [0.2, 0.25) is 0 Å². The Balaban J connectivity index is 1.58. The van der Waals surface area contributed by atoms with Gasteiger partial charge < -0.3 is 47.9 Å². The second kappa shape index (κ2) is 21.1. The van der Waals surface area contributed by atoms with Crippen LogP contribution >= 0.6 is 0 Å². The molecule has 80 heavy (non-hydrogen) atoms. The summed E-state index contributed by atoms with van der Waals surface area (Å²) in [5.41, 5.74) is 15.1. The van der Waals surface area contributed by atoms with E-state index in [1.165, 1.54) is 0 Å². The van der Waals surface area contributed by atoms with Gasteiger partial charge in [-0.1, -0.05) is 0 Å². The van der Waals surface area contributed by atoms with E-state index in [1.54, 1.807) is 56.9 Å². The van der Waals surface area contributed by atoms with E-state index in [0.29, 0.717) is 109 Å². The number of quaternary nitrogens is 4. The predicted molar refractivity (Wildman–Crippen MR) is 331 cm³/mol. The first-order valence-electron chi connectivity index (χ1n) is 26.3. The van der Waals surface area contributed by atoms with Crippen LogP contribution in [-0.2, 0) is 0 Å². The van der Waals surface area contributed by atoms with E-state index in [2.05, 4.69) is 167 Å². The lowest BCUT2D eigenvalue weighted by Gasteiger charge is -2.26. The van der Waals surface area contributed by atoms with E-state index in [4.69, 9.17) is 47.9 Å². The molecule has 7 aromatic rings. The maximum Gasteiger partial charge on any atom is 0.139 e. The number of rotatable bonds is 16. The molecule has 0 fully saturated rings. The molecular weight excluding hydrogens is 1010 g/mol. The molecule has 16 nitrogen and oxygen atoms in total. The van der Waals surface area contributed by atoms with Gasteiger partial charge in [0.05, 0.1) is 186 Å². The van der Waals surface area contributed by atoms with Crippen LogP contribution in [0.2, 0.25) is 0 Å². The van der Waals surface area contributed by atoms with Crippen molar-refractivity contribution in [1.82, 2.24) is 37.9 Å². The predicted octanol–water partition coefficient (Wildman–Crippen LogP) is 12.2. The molecule has 0 radical (unpaired) electrons. The molecule has 16 heteroatoms. The molecule has 0 saturated carbocycles. The summed E-state index contributed by atoms with van der Waals surface area (Å²) in [5, 5.41) is 0. The largest absolute Gasteiger partial charge is 0.496 e. The molecule has 8 bridgehead atoms. The first-order chi connectivity index (χ1) is 37.8. The third-order valence-electron chi connectivity index (χ3n) is 14.8. The van der Waals surface area contributed by atoms with Gasteiger partial charge in [-0.15, -0.1) is 0 Å². The number of fused-ring (bicyclic) bond motifs is 8. The molecular formula is C64H78N8O8+4. The fraction of sp³-hybridized carbons (Fsp3) is 0.312. The standard InChI is InChI=1S/C64H78N8O8/c1-69(2,3)37-29-49(73-13)61(50(30-37)74-14)57-41-21-23-43(65-41)58(62-51(75-15)31-38(70(4,5)6)32-52(62)76-16)45-25-27-47(67-45)60(64-55(79-19)35-40(72(10,11)12)36-56(64)80-20)48-28-26-46(68-48)59(44-24-22-42(57)66-44)63-53(77-17)33-39(71(7,8)9)34-54(63)78-18/h21-36,65,68H,1-20H3/q+4. The number of nitrogens with one attached hydrogen (secondary N) is 2. The first-order valence-corrected chi connectivity index (χ1v) is 26.3. The maximum atomic E-state index is 6.36. The van der Waals surface area contributed by atoms with Crippen LogP contribution in [0.15, 0.2) is 72.8 Å². The highest BCUT2D eigenvalue weighted by Crippen LogP contribution is 2.52. The van der Waals surface area contributed by atoms with Crippen molar-refractivity contribution >= 4 is 69.1 Å². The van der Waals surface area contributed by atoms with E-state index in [1.807, 2.05) is 24.3 Å². The van der Waals surface area contributed by atoms with Crippen LogP contribution < -0.4 is 55.8 Å². The zero-order valence-electron chi connectivity index (χ0n) is 50.2. The second-order valence-electron chi connectivity index (χ2n) is 23.5. The molecule has 3 aromatic heterocycles. The minimum absolute atomic E-state index is 0.518.